The number of hydrogen-bond acceptors (Lipinski definition) is 3. The first kappa shape index (κ1) is 26.5. The molecule has 1 aliphatic rings. The molecule has 0 amide bonds. The zero-order valence-corrected chi connectivity index (χ0v) is 22.3. The quantitative estimate of drug-likeness (QED) is 0.334. The molecule has 35 heavy (non-hydrogen) atoms. The van der Waals surface area contributed by atoms with Gasteiger partial charge in [-0.3, -0.25) is 0 Å². The summed E-state index contributed by atoms with van der Waals surface area (Å²) in [5.74, 6) is 0. The van der Waals surface area contributed by atoms with Gasteiger partial charge in [-0.1, -0.05) is 24.3 Å². The van der Waals surface area contributed by atoms with Crippen molar-refractivity contribution in [3.63, 3.8) is 0 Å². The van der Waals surface area contributed by atoms with Crippen LogP contribution in [0.25, 0.3) is 5.57 Å². The highest BCUT2D eigenvalue weighted by Crippen LogP contribution is 2.32. The summed E-state index contributed by atoms with van der Waals surface area (Å²) >= 11 is 0. The minimum absolute atomic E-state index is 0.519. The number of benzene rings is 2. The van der Waals surface area contributed by atoms with E-state index in [2.05, 4.69) is 117 Å². The van der Waals surface area contributed by atoms with Crippen LogP contribution in [0, 0.1) is 0 Å². The summed E-state index contributed by atoms with van der Waals surface area (Å²) in [6, 6.07) is 17.5. The van der Waals surface area contributed by atoms with E-state index in [0.717, 1.165) is 38.4 Å². The second-order valence-corrected chi connectivity index (χ2v) is 8.78. The molecule has 1 atom stereocenters. The van der Waals surface area contributed by atoms with Crippen molar-refractivity contribution in [2.45, 2.75) is 47.8 Å². The van der Waals surface area contributed by atoms with Gasteiger partial charge in [0.15, 0.2) is 5.71 Å². The Bertz CT molecular complexity index is 1060. The first-order valence-electron chi connectivity index (χ1n) is 13.1. The van der Waals surface area contributed by atoms with Crippen LogP contribution in [-0.4, -0.2) is 54.3 Å². The van der Waals surface area contributed by atoms with Gasteiger partial charge < -0.3 is 14.9 Å². The van der Waals surface area contributed by atoms with Crippen LogP contribution in [0.1, 0.15) is 52.7 Å². The molecule has 1 unspecified atom stereocenters. The van der Waals surface area contributed by atoms with Crippen molar-refractivity contribution in [1.29, 1.82) is 0 Å². The summed E-state index contributed by atoms with van der Waals surface area (Å²) in [6.45, 7) is 17.4. The average Bonchev–Trinajstić information content (AvgIpc) is 2.88. The van der Waals surface area contributed by atoms with Gasteiger partial charge in [0.2, 0.25) is 0 Å². The Balaban J connectivity index is 2.09. The van der Waals surface area contributed by atoms with Gasteiger partial charge in [-0.15, -0.1) is 0 Å². The molecule has 0 radical (unpaired) electrons. The average molecular weight is 473 g/mol. The molecule has 0 saturated heterocycles. The van der Waals surface area contributed by atoms with Crippen molar-refractivity contribution in [1.82, 2.24) is 0 Å². The lowest BCUT2D eigenvalue weighted by atomic mass is 9.90. The maximum Gasteiger partial charge on any atom is 0.199 e. The lowest BCUT2D eigenvalue weighted by molar-refractivity contribution is -0.519. The van der Waals surface area contributed by atoms with Crippen molar-refractivity contribution in [2.75, 3.05) is 42.5 Å². The van der Waals surface area contributed by atoms with Crippen LogP contribution in [0.2, 0.25) is 0 Å². The highest BCUT2D eigenvalue weighted by atomic mass is 16.3. The third-order valence-corrected chi connectivity index (χ3v) is 6.85. The second-order valence-electron chi connectivity index (χ2n) is 8.78. The van der Waals surface area contributed by atoms with Crippen molar-refractivity contribution >= 4 is 22.7 Å². The number of anilines is 2. The van der Waals surface area contributed by atoms with E-state index in [1.807, 2.05) is 11.8 Å². The van der Waals surface area contributed by atoms with Gasteiger partial charge in [0, 0.05) is 43.2 Å². The van der Waals surface area contributed by atoms with E-state index in [4.69, 9.17) is 0 Å². The van der Waals surface area contributed by atoms with E-state index < -0.39 is 6.23 Å². The minimum atomic E-state index is -0.519. The van der Waals surface area contributed by atoms with Crippen LogP contribution in [-0.2, 0) is 0 Å². The standard InChI is InChI=1S/C31H42N3O/c1-7-32(8-2)28-18-12-25(13-19-28)31(26-14-20-29(21-15-26)33(9-3)10-4)27-16-22-30(23-17-27)34(11-5)24(6)35/h12-24,35H,7-11H2,1-6H3/q+1. The summed E-state index contributed by atoms with van der Waals surface area (Å²) in [5, 5.41) is 10.1. The fourth-order valence-corrected chi connectivity index (χ4v) is 4.84. The highest BCUT2D eigenvalue weighted by Gasteiger charge is 2.16. The summed E-state index contributed by atoms with van der Waals surface area (Å²) in [4.78, 5) is 4.35. The van der Waals surface area contributed by atoms with E-state index in [-0.39, 0.29) is 0 Å². The molecule has 2 aromatic carbocycles. The molecule has 0 spiro atoms. The van der Waals surface area contributed by atoms with Gasteiger partial charge in [-0.2, -0.15) is 0 Å². The number of rotatable bonds is 10. The first-order valence-corrected chi connectivity index (χ1v) is 13.1. The SMILES string of the molecule is CCN(CC)c1ccc(C(=C2C=CC(=[N+](CC)CC)C=C2)c2ccc(N(CC)C(C)O)cc2)cc1. The normalized spacial score (nSPS) is 13.7. The maximum absolute atomic E-state index is 10.1. The van der Waals surface area contributed by atoms with E-state index in [9.17, 15) is 5.11 Å². The number of aliphatic hydroxyl groups is 1. The van der Waals surface area contributed by atoms with Crippen LogP contribution in [0.3, 0.4) is 0 Å². The van der Waals surface area contributed by atoms with Crippen LogP contribution in [0.15, 0.2) is 78.4 Å². The monoisotopic (exact) mass is 472 g/mol. The molecule has 4 heteroatoms. The molecular formula is C31H42N3O+. The summed E-state index contributed by atoms with van der Waals surface area (Å²) in [7, 11) is 0. The Morgan fingerprint density at radius 1 is 0.714 bits per heavy atom. The fourth-order valence-electron chi connectivity index (χ4n) is 4.84. The van der Waals surface area contributed by atoms with Gasteiger partial charge in [0.05, 0.1) is 0 Å². The number of hydrogen-bond donors (Lipinski definition) is 1. The predicted octanol–water partition coefficient (Wildman–Crippen LogP) is 6.12. The van der Waals surface area contributed by atoms with Gasteiger partial charge in [-0.05, 0) is 100 Å². The van der Waals surface area contributed by atoms with Gasteiger partial charge in [0.1, 0.15) is 19.3 Å². The molecule has 3 rings (SSSR count). The Kier molecular flexibility index (Phi) is 9.50. The largest absolute Gasteiger partial charge is 0.374 e. The smallest absolute Gasteiger partial charge is 0.199 e. The molecule has 4 nitrogen and oxygen atoms in total. The van der Waals surface area contributed by atoms with Crippen LogP contribution in [0.4, 0.5) is 11.4 Å². The Morgan fingerprint density at radius 3 is 1.60 bits per heavy atom. The molecule has 1 N–H and O–H groups in total. The minimum Gasteiger partial charge on any atom is -0.374 e. The molecule has 186 valence electrons. The molecule has 0 aliphatic heterocycles. The third kappa shape index (κ3) is 6.12. The highest BCUT2D eigenvalue weighted by molar-refractivity contribution is 6.04. The van der Waals surface area contributed by atoms with E-state index in [0.29, 0.717) is 0 Å². The summed E-state index contributed by atoms with van der Waals surface area (Å²) < 4.78 is 2.37. The maximum atomic E-state index is 10.1. The topological polar surface area (TPSA) is 29.7 Å². The molecular weight excluding hydrogens is 430 g/mol. The molecule has 0 bridgehead atoms. The predicted molar refractivity (Wildman–Crippen MR) is 152 cm³/mol. The van der Waals surface area contributed by atoms with Crippen LogP contribution < -0.4 is 9.80 Å². The summed E-state index contributed by atoms with van der Waals surface area (Å²) in [6.07, 6.45) is 8.42. The van der Waals surface area contributed by atoms with E-state index in [1.165, 1.54) is 33.7 Å². The molecule has 0 heterocycles. The van der Waals surface area contributed by atoms with Gasteiger partial charge >= 0.3 is 0 Å². The molecule has 2 aromatic rings. The lowest BCUT2D eigenvalue weighted by Crippen LogP contribution is -2.32. The van der Waals surface area contributed by atoms with Crippen molar-refractivity contribution in [3.05, 3.63) is 89.5 Å². The van der Waals surface area contributed by atoms with Crippen molar-refractivity contribution < 1.29 is 9.68 Å². The number of aliphatic hydroxyl groups excluding tert-OH is 1. The Hall–Kier alpha value is -3.11. The van der Waals surface area contributed by atoms with Crippen molar-refractivity contribution in [3.8, 4) is 0 Å². The Labute approximate surface area is 212 Å². The van der Waals surface area contributed by atoms with E-state index >= 15 is 0 Å². The molecule has 0 aromatic heterocycles. The number of nitrogens with zero attached hydrogens (tertiary/aromatic N) is 3. The fraction of sp³-hybridized carbons (Fsp3) is 0.387. The molecule has 1 aliphatic carbocycles. The first-order chi connectivity index (χ1) is 17.0. The third-order valence-electron chi connectivity index (χ3n) is 6.85. The van der Waals surface area contributed by atoms with Crippen LogP contribution >= 0.6 is 0 Å². The lowest BCUT2D eigenvalue weighted by Gasteiger charge is -2.26. The van der Waals surface area contributed by atoms with E-state index in [1.54, 1.807) is 0 Å². The number of allylic oxidation sites excluding steroid dienone is 5. The zero-order chi connectivity index (χ0) is 25.4. The second kappa shape index (κ2) is 12.6. The van der Waals surface area contributed by atoms with Gasteiger partial charge in [0.25, 0.3) is 0 Å². The molecule has 0 fully saturated rings. The van der Waals surface area contributed by atoms with Crippen molar-refractivity contribution in [2.24, 2.45) is 0 Å². The Morgan fingerprint density at radius 2 is 1.20 bits per heavy atom. The van der Waals surface area contributed by atoms with Crippen LogP contribution in [0.5, 0.6) is 0 Å². The van der Waals surface area contributed by atoms with Gasteiger partial charge in [-0.25, -0.2) is 4.58 Å². The summed E-state index contributed by atoms with van der Waals surface area (Å²) in [5.41, 5.74) is 8.32. The zero-order valence-electron chi connectivity index (χ0n) is 22.3. The molecule has 0 saturated carbocycles.